The average molecular weight is 408 g/mol. The predicted octanol–water partition coefficient (Wildman–Crippen LogP) is 5.59. The van der Waals surface area contributed by atoms with Crippen molar-refractivity contribution in [2.24, 2.45) is 0 Å². The highest BCUT2D eigenvalue weighted by Gasteiger charge is 2.11. The Kier molecular flexibility index (Phi) is 5.76. The molecule has 0 radical (unpaired) electrons. The van der Waals surface area contributed by atoms with Crippen molar-refractivity contribution >= 4 is 67.4 Å². The molecule has 134 valence electrons. The SMILES string of the molecule is CCCC(=O)Nc1nc2ccc(NC(=O)c3ccc(Cl)c(Cl)c3)cc2s1. The molecule has 0 aliphatic rings. The maximum Gasteiger partial charge on any atom is 0.255 e. The smallest absolute Gasteiger partial charge is 0.255 e. The molecule has 1 aromatic heterocycles. The molecule has 1 heterocycles. The van der Waals surface area contributed by atoms with Crippen LogP contribution in [0.1, 0.15) is 30.1 Å². The Bertz CT molecular complexity index is 988. The van der Waals surface area contributed by atoms with Gasteiger partial charge in [0.2, 0.25) is 5.91 Å². The lowest BCUT2D eigenvalue weighted by Crippen LogP contribution is -2.11. The molecule has 0 unspecified atom stereocenters. The second kappa shape index (κ2) is 8.03. The van der Waals surface area contributed by atoms with E-state index >= 15 is 0 Å². The highest BCUT2D eigenvalue weighted by atomic mass is 35.5. The third kappa shape index (κ3) is 4.33. The number of anilines is 2. The second-order valence-corrected chi connectivity index (χ2v) is 7.43. The zero-order valence-corrected chi connectivity index (χ0v) is 16.1. The number of rotatable bonds is 5. The summed E-state index contributed by atoms with van der Waals surface area (Å²) in [5.74, 6) is -0.344. The van der Waals surface area contributed by atoms with Crippen LogP contribution in [0.15, 0.2) is 36.4 Å². The first-order chi connectivity index (χ1) is 12.5. The molecule has 0 aliphatic heterocycles. The Morgan fingerprint density at radius 3 is 2.62 bits per heavy atom. The largest absolute Gasteiger partial charge is 0.322 e. The average Bonchev–Trinajstić information content (AvgIpc) is 2.98. The molecule has 2 amide bonds. The Labute approximate surface area is 164 Å². The summed E-state index contributed by atoms with van der Waals surface area (Å²) in [6, 6.07) is 10.1. The third-order valence-electron chi connectivity index (χ3n) is 3.55. The summed E-state index contributed by atoms with van der Waals surface area (Å²) in [5.41, 5.74) is 1.80. The molecule has 2 aromatic carbocycles. The summed E-state index contributed by atoms with van der Waals surface area (Å²) in [7, 11) is 0. The highest BCUT2D eigenvalue weighted by Crippen LogP contribution is 2.29. The molecule has 0 fully saturated rings. The van der Waals surface area contributed by atoms with Crippen molar-refractivity contribution in [2.75, 3.05) is 10.6 Å². The van der Waals surface area contributed by atoms with Crippen LogP contribution >= 0.6 is 34.5 Å². The fourth-order valence-electron chi connectivity index (χ4n) is 2.31. The molecule has 0 saturated heterocycles. The number of amides is 2. The van der Waals surface area contributed by atoms with Crippen LogP contribution in [0.2, 0.25) is 10.0 Å². The van der Waals surface area contributed by atoms with Crippen LogP contribution in [0.5, 0.6) is 0 Å². The number of nitrogens with one attached hydrogen (secondary N) is 2. The van der Waals surface area contributed by atoms with Gasteiger partial charge in [-0.3, -0.25) is 9.59 Å². The number of benzene rings is 2. The molecule has 8 heteroatoms. The van der Waals surface area contributed by atoms with Crippen LogP contribution in [-0.4, -0.2) is 16.8 Å². The van der Waals surface area contributed by atoms with Crippen LogP contribution < -0.4 is 10.6 Å². The van der Waals surface area contributed by atoms with Crippen molar-refractivity contribution < 1.29 is 9.59 Å². The number of fused-ring (bicyclic) bond motifs is 1. The van der Waals surface area contributed by atoms with Gasteiger partial charge in [0.25, 0.3) is 5.91 Å². The number of hydrogen-bond donors (Lipinski definition) is 2. The van der Waals surface area contributed by atoms with Gasteiger partial charge in [-0.25, -0.2) is 4.98 Å². The molecule has 3 aromatic rings. The van der Waals surface area contributed by atoms with Gasteiger partial charge in [0.1, 0.15) is 0 Å². The zero-order valence-electron chi connectivity index (χ0n) is 13.8. The molecule has 0 bridgehead atoms. The fourth-order valence-corrected chi connectivity index (χ4v) is 3.52. The molecule has 3 rings (SSSR count). The van der Waals surface area contributed by atoms with E-state index in [0.717, 1.165) is 16.6 Å². The summed E-state index contributed by atoms with van der Waals surface area (Å²) < 4.78 is 0.865. The van der Waals surface area contributed by atoms with Crippen molar-refractivity contribution in [3.05, 3.63) is 52.0 Å². The molecule has 26 heavy (non-hydrogen) atoms. The predicted molar refractivity (Wildman–Crippen MR) is 108 cm³/mol. The highest BCUT2D eigenvalue weighted by molar-refractivity contribution is 7.22. The van der Waals surface area contributed by atoms with Crippen molar-refractivity contribution in [2.45, 2.75) is 19.8 Å². The first kappa shape index (κ1) is 18.6. The lowest BCUT2D eigenvalue weighted by atomic mass is 10.2. The van der Waals surface area contributed by atoms with Gasteiger partial charge in [0, 0.05) is 17.7 Å². The van der Waals surface area contributed by atoms with Gasteiger partial charge in [-0.15, -0.1) is 0 Å². The number of carbonyl (C=O) groups excluding carboxylic acids is 2. The quantitative estimate of drug-likeness (QED) is 0.578. The maximum absolute atomic E-state index is 12.4. The Balaban J connectivity index is 1.77. The lowest BCUT2D eigenvalue weighted by Gasteiger charge is -2.06. The van der Waals surface area contributed by atoms with Gasteiger partial charge in [-0.2, -0.15) is 0 Å². The lowest BCUT2D eigenvalue weighted by molar-refractivity contribution is -0.116. The molecule has 0 spiro atoms. The van der Waals surface area contributed by atoms with Crippen molar-refractivity contribution in [3.63, 3.8) is 0 Å². The van der Waals surface area contributed by atoms with E-state index < -0.39 is 0 Å². The standard InChI is InChI=1S/C18H15Cl2N3O2S/c1-2-3-16(24)23-18-22-14-7-5-11(9-15(14)26-18)21-17(25)10-4-6-12(19)13(20)8-10/h4-9H,2-3H2,1H3,(H,21,25)(H,22,23,24). The Morgan fingerprint density at radius 1 is 1.08 bits per heavy atom. The van der Waals surface area contributed by atoms with Gasteiger partial charge in [-0.05, 0) is 42.8 Å². The number of hydrogen-bond acceptors (Lipinski definition) is 4. The number of nitrogens with zero attached hydrogens (tertiary/aromatic N) is 1. The Hall–Kier alpha value is -2.15. The molecule has 2 N–H and O–H groups in total. The molecular formula is C18H15Cl2N3O2S. The van der Waals surface area contributed by atoms with Crippen LogP contribution in [0.25, 0.3) is 10.2 Å². The normalized spacial score (nSPS) is 10.7. The summed E-state index contributed by atoms with van der Waals surface area (Å²) in [4.78, 5) is 28.4. The van der Waals surface area contributed by atoms with E-state index in [1.54, 1.807) is 24.3 Å². The molecular weight excluding hydrogens is 393 g/mol. The first-order valence-corrected chi connectivity index (χ1v) is 9.50. The monoisotopic (exact) mass is 407 g/mol. The van der Waals surface area contributed by atoms with Gasteiger partial charge in [0.05, 0.1) is 20.3 Å². The van der Waals surface area contributed by atoms with Crippen molar-refractivity contribution in [1.82, 2.24) is 4.98 Å². The van der Waals surface area contributed by atoms with Crippen LogP contribution in [0, 0.1) is 0 Å². The van der Waals surface area contributed by atoms with E-state index in [1.807, 2.05) is 13.0 Å². The fraction of sp³-hybridized carbons (Fsp3) is 0.167. The van der Waals surface area contributed by atoms with Crippen LogP contribution in [-0.2, 0) is 4.79 Å². The van der Waals surface area contributed by atoms with E-state index in [4.69, 9.17) is 23.2 Å². The first-order valence-electron chi connectivity index (χ1n) is 7.93. The van der Waals surface area contributed by atoms with Gasteiger partial charge < -0.3 is 10.6 Å². The number of thiazole rings is 1. The Morgan fingerprint density at radius 2 is 1.88 bits per heavy atom. The second-order valence-electron chi connectivity index (χ2n) is 5.58. The van der Waals surface area contributed by atoms with Crippen molar-refractivity contribution in [3.8, 4) is 0 Å². The van der Waals surface area contributed by atoms with Crippen LogP contribution in [0.4, 0.5) is 10.8 Å². The molecule has 0 saturated carbocycles. The maximum atomic E-state index is 12.4. The number of carbonyl (C=O) groups is 2. The minimum absolute atomic E-state index is 0.0558. The third-order valence-corrected chi connectivity index (χ3v) is 5.22. The van der Waals surface area contributed by atoms with Gasteiger partial charge >= 0.3 is 0 Å². The van der Waals surface area contributed by atoms with Crippen molar-refractivity contribution in [1.29, 1.82) is 0 Å². The number of aromatic nitrogens is 1. The molecule has 0 atom stereocenters. The topological polar surface area (TPSA) is 71.1 Å². The van der Waals surface area contributed by atoms with E-state index in [-0.39, 0.29) is 11.8 Å². The van der Waals surface area contributed by atoms with Crippen LogP contribution in [0.3, 0.4) is 0 Å². The summed E-state index contributed by atoms with van der Waals surface area (Å²) >= 11 is 13.2. The summed E-state index contributed by atoms with van der Waals surface area (Å²) in [6.07, 6.45) is 1.24. The minimum Gasteiger partial charge on any atom is -0.322 e. The summed E-state index contributed by atoms with van der Waals surface area (Å²) in [6.45, 7) is 1.95. The van der Waals surface area contributed by atoms with E-state index in [1.165, 1.54) is 17.4 Å². The van der Waals surface area contributed by atoms with E-state index in [9.17, 15) is 9.59 Å². The molecule has 5 nitrogen and oxygen atoms in total. The van der Waals surface area contributed by atoms with Gasteiger partial charge in [0.15, 0.2) is 5.13 Å². The minimum atomic E-state index is -0.288. The van der Waals surface area contributed by atoms with E-state index in [0.29, 0.717) is 32.8 Å². The zero-order chi connectivity index (χ0) is 18.7. The van der Waals surface area contributed by atoms with Gasteiger partial charge in [-0.1, -0.05) is 41.5 Å². The molecule has 0 aliphatic carbocycles. The van der Waals surface area contributed by atoms with E-state index in [2.05, 4.69) is 15.6 Å². The summed E-state index contributed by atoms with van der Waals surface area (Å²) in [5, 5.41) is 6.87. The number of halogens is 2.